The van der Waals surface area contributed by atoms with Crippen molar-refractivity contribution in [3.63, 3.8) is 0 Å². The number of pyridine rings is 1. The SMILES string of the molecule is COC(=O)c1cc[n+](CC(=O)c2cc(OC)c(OC)c(OC)c2)cc1. The summed E-state index contributed by atoms with van der Waals surface area (Å²) in [6.07, 6.45) is 3.28. The van der Waals surface area contributed by atoms with Gasteiger partial charge in [0.25, 0.3) is 0 Å². The van der Waals surface area contributed by atoms with E-state index in [1.54, 1.807) is 41.2 Å². The summed E-state index contributed by atoms with van der Waals surface area (Å²) in [5.74, 6) is 0.683. The minimum Gasteiger partial charge on any atom is -0.493 e. The van der Waals surface area contributed by atoms with E-state index in [9.17, 15) is 9.59 Å². The molecule has 0 aliphatic rings. The molecule has 25 heavy (non-hydrogen) atoms. The van der Waals surface area contributed by atoms with Crippen molar-refractivity contribution in [3.05, 3.63) is 47.8 Å². The van der Waals surface area contributed by atoms with Crippen molar-refractivity contribution in [1.82, 2.24) is 0 Å². The molecular weight excluding hydrogens is 326 g/mol. The molecule has 1 heterocycles. The summed E-state index contributed by atoms with van der Waals surface area (Å²) in [6.45, 7) is 0.0973. The Hall–Kier alpha value is -3.09. The Morgan fingerprint density at radius 3 is 1.88 bits per heavy atom. The van der Waals surface area contributed by atoms with Gasteiger partial charge in [-0.3, -0.25) is 4.79 Å². The van der Waals surface area contributed by atoms with Crippen molar-refractivity contribution in [2.24, 2.45) is 0 Å². The van der Waals surface area contributed by atoms with Crippen LogP contribution in [0, 0.1) is 0 Å². The molecule has 2 rings (SSSR count). The average Bonchev–Trinajstić information content (AvgIpc) is 2.66. The third-order valence-electron chi connectivity index (χ3n) is 3.63. The zero-order chi connectivity index (χ0) is 18.4. The first kappa shape index (κ1) is 18.3. The van der Waals surface area contributed by atoms with Gasteiger partial charge in [0.2, 0.25) is 18.1 Å². The van der Waals surface area contributed by atoms with Gasteiger partial charge in [0.05, 0.1) is 34.0 Å². The van der Waals surface area contributed by atoms with E-state index in [0.717, 1.165) is 0 Å². The molecule has 0 amide bonds. The molecule has 0 N–H and O–H groups in total. The van der Waals surface area contributed by atoms with Crippen LogP contribution in [0.2, 0.25) is 0 Å². The summed E-state index contributed by atoms with van der Waals surface area (Å²) < 4.78 is 22.1. The Morgan fingerprint density at radius 1 is 0.880 bits per heavy atom. The Balaban J connectivity index is 2.24. The lowest BCUT2D eigenvalue weighted by Gasteiger charge is -2.13. The molecule has 0 radical (unpaired) electrons. The van der Waals surface area contributed by atoms with E-state index in [1.165, 1.54) is 28.4 Å². The van der Waals surface area contributed by atoms with Crippen LogP contribution in [0.15, 0.2) is 36.7 Å². The molecule has 0 aliphatic carbocycles. The zero-order valence-electron chi connectivity index (χ0n) is 14.6. The number of nitrogens with zero attached hydrogens (tertiary/aromatic N) is 1. The van der Waals surface area contributed by atoms with Crippen molar-refractivity contribution in [2.75, 3.05) is 28.4 Å². The summed E-state index contributed by atoms with van der Waals surface area (Å²) in [5.41, 5.74) is 0.845. The lowest BCUT2D eigenvalue weighted by atomic mass is 10.1. The second-order valence-corrected chi connectivity index (χ2v) is 5.09. The first-order valence-electron chi connectivity index (χ1n) is 7.44. The van der Waals surface area contributed by atoms with Crippen LogP contribution in [0.25, 0.3) is 0 Å². The Labute approximate surface area is 145 Å². The second kappa shape index (κ2) is 8.14. The molecule has 7 nitrogen and oxygen atoms in total. The molecule has 0 spiro atoms. The Bertz CT molecular complexity index is 745. The number of aromatic nitrogens is 1. The summed E-state index contributed by atoms with van der Waals surface area (Å²) in [7, 11) is 5.80. The average molecular weight is 346 g/mol. The van der Waals surface area contributed by atoms with Gasteiger partial charge in [-0.15, -0.1) is 0 Å². The van der Waals surface area contributed by atoms with E-state index in [-0.39, 0.29) is 12.3 Å². The summed E-state index contributed by atoms with van der Waals surface area (Å²) in [5, 5.41) is 0. The lowest BCUT2D eigenvalue weighted by Crippen LogP contribution is -2.37. The van der Waals surface area contributed by atoms with Crippen LogP contribution in [-0.2, 0) is 11.3 Å². The van der Waals surface area contributed by atoms with E-state index < -0.39 is 5.97 Å². The Kier molecular flexibility index (Phi) is 5.94. The minimum atomic E-state index is -0.428. The van der Waals surface area contributed by atoms with Crippen molar-refractivity contribution < 1.29 is 33.1 Å². The van der Waals surface area contributed by atoms with Gasteiger partial charge in [-0.2, -0.15) is 4.57 Å². The molecule has 132 valence electrons. The molecule has 0 unspecified atom stereocenters. The number of hydrogen-bond acceptors (Lipinski definition) is 6. The summed E-state index contributed by atoms with van der Waals surface area (Å²) in [4.78, 5) is 24.0. The van der Waals surface area contributed by atoms with E-state index in [2.05, 4.69) is 4.74 Å². The molecule has 7 heteroatoms. The standard InChI is InChI=1S/C18H20NO6/c1-22-15-9-13(10-16(23-2)17(15)24-3)14(20)11-19-7-5-12(6-8-19)18(21)25-4/h5-10H,11H2,1-4H3/q+1. The van der Waals surface area contributed by atoms with Gasteiger partial charge in [0.1, 0.15) is 0 Å². The fourth-order valence-electron chi connectivity index (χ4n) is 2.32. The molecule has 0 aliphatic heterocycles. The maximum absolute atomic E-state index is 12.6. The molecule has 0 bridgehead atoms. The fourth-order valence-corrected chi connectivity index (χ4v) is 2.32. The number of carbonyl (C=O) groups is 2. The monoisotopic (exact) mass is 346 g/mol. The number of ketones is 1. The number of carbonyl (C=O) groups excluding carboxylic acids is 2. The molecule has 0 fully saturated rings. The summed E-state index contributed by atoms with van der Waals surface area (Å²) in [6, 6.07) is 6.39. The lowest BCUT2D eigenvalue weighted by molar-refractivity contribution is -0.683. The highest BCUT2D eigenvalue weighted by molar-refractivity contribution is 5.96. The van der Waals surface area contributed by atoms with Gasteiger partial charge in [-0.1, -0.05) is 0 Å². The van der Waals surface area contributed by atoms with Crippen LogP contribution in [-0.4, -0.2) is 40.2 Å². The van der Waals surface area contributed by atoms with Crippen molar-refractivity contribution in [2.45, 2.75) is 6.54 Å². The van der Waals surface area contributed by atoms with Crippen molar-refractivity contribution in [1.29, 1.82) is 0 Å². The molecule has 0 saturated carbocycles. The number of rotatable bonds is 7. The second-order valence-electron chi connectivity index (χ2n) is 5.09. The van der Waals surface area contributed by atoms with Gasteiger partial charge in [-0.25, -0.2) is 4.79 Å². The van der Waals surface area contributed by atoms with Crippen LogP contribution in [0.5, 0.6) is 17.2 Å². The van der Waals surface area contributed by atoms with Gasteiger partial charge in [0, 0.05) is 17.7 Å². The fraction of sp³-hybridized carbons (Fsp3) is 0.278. The van der Waals surface area contributed by atoms with Crippen LogP contribution >= 0.6 is 0 Å². The molecule has 1 aromatic heterocycles. The van der Waals surface area contributed by atoms with Gasteiger partial charge in [0.15, 0.2) is 23.9 Å². The quantitative estimate of drug-likeness (QED) is 0.431. The number of methoxy groups -OCH3 is 4. The molecule has 0 atom stereocenters. The van der Waals surface area contributed by atoms with E-state index in [0.29, 0.717) is 28.4 Å². The normalized spacial score (nSPS) is 10.1. The van der Waals surface area contributed by atoms with Crippen molar-refractivity contribution >= 4 is 11.8 Å². The van der Waals surface area contributed by atoms with Crippen LogP contribution in [0.1, 0.15) is 20.7 Å². The third kappa shape index (κ3) is 4.06. The topological polar surface area (TPSA) is 74.9 Å². The third-order valence-corrected chi connectivity index (χ3v) is 3.63. The molecule has 0 saturated heterocycles. The smallest absolute Gasteiger partial charge is 0.338 e. The highest BCUT2D eigenvalue weighted by Crippen LogP contribution is 2.38. The number of esters is 1. The van der Waals surface area contributed by atoms with Crippen molar-refractivity contribution in [3.8, 4) is 17.2 Å². The van der Waals surface area contributed by atoms with Gasteiger partial charge < -0.3 is 18.9 Å². The van der Waals surface area contributed by atoms with Gasteiger partial charge >= 0.3 is 5.97 Å². The van der Waals surface area contributed by atoms with Crippen LogP contribution in [0.4, 0.5) is 0 Å². The molecule has 2 aromatic rings. The number of ether oxygens (including phenoxy) is 4. The van der Waals surface area contributed by atoms with E-state index >= 15 is 0 Å². The van der Waals surface area contributed by atoms with Crippen LogP contribution in [0.3, 0.4) is 0 Å². The highest BCUT2D eigenvalue weighted by atomic mass is 16.5. The van der Waals surface area contributed by atoms with E-state index in [1.807, 2.05) is 0 Å². The predicted octanol–water partition coefficient (Wildman–Crippen LogP) is 1.67. The molecular formula is C18H20NO6+. The Morgan fingerprint density at radius 2 is 1.44 bits per heavy atom. The van der Waals surface area contributed by atoms with E-state index in [4.69, 9.17) is 14.2 Å². The first-order valence-corrected chi connectivity index (χ1v) is 7.44. The molecule has 1 aromatic carbocycles. The largest absolute Gasteiger partial charge is 0.493 e. The minimum absolute atomic E-state index is 0.0973. The predicted molar refractivity (Wildman–Crippen MR) is 88.4 cm³/mol. The maximum atomic E-state index is 12.6. The van der Waals surface area contributed by atoms with Crippen LogP contribution < -0.4 is 18.8 Å². The number of Topliss-reactive ketones (excluding diaryl/α,β-unsaturated/α-hetero) is 1. The highest BCUT2D eigenvalue weighted by Gasteiger charge is 2.19. The number of benzene rings is 1. The van der Waals surface area contributed by atoms with Gasteiger partial charge in [-0.05, 0) is 12.1 Å². The summed E-state index contributed by atoms with van der Waals surface area (Å²) >= 11 is 0. The zero-order valence-corrected chi connectivity index (χ0v) is 14.6. The first-order chi connectivity index (χ1) is 12.0. The number of hydrogen-bond donors (Lipinski definition) is 0. The maximum Gasteiger partial charge on any atom is 0.338 e.